The molecule has 2 unspecified atom stereocenters. The first-order valence-corrected chi connectivity index (χ1v) is 13.8. The molecular formula is C29H36FN5O3. The number of aromatic nitrogens is 1. The monoisotopic (exact) mass is 521 g/mol. The van der Waals surface area contributed by atoms with E-state index in [4.69, 9.17) is 4.98 Å². The van der Waals surface area contributed by atoms with Crippen molar-refractivity contribution >= 4 is 23.3 Å². The Labute approximate surface area is 222 Å². The first kappa shape index (κ1) is 25.1. The normalized spacial score (nSPS) is 31.8. The third-order valence-corrected chi connectivity index (χ3v) is 9.22. The largest absolute Gasteiger partial charge is 0.390 e. The molecule has 202 valence electrons. The molecule has 5 aliphatic rings. The van der Waals surface area contributed by atoms with E-state index in [1.807, 2.05) is 12.1 Å². The zero-order valence-electron chi connectivity index (χ0n) is 22.0. The number of amides is 2. The molecule has 2 amide bonds. The highest BCUT2D eigenvalue weighted by molar-refractivity contribution is 5.94. The molecule has 5 fully saturated rings. The second kappa shape index (κ2) is 9.52. The van der Waals surface area contributed by atoms with Gasteiger partial charge in [0.25, 0.3) is 11.8 Å². The Hall–Kier alpha value is -3.20. The lowest BCUT2D eigenvalue weighted by Crippen LogP contribution is -2.61. The number of nitrogens with one attached hydrogen (secondary N) is 2. The van der Waals surface area contributed by atoms with E-state index in [9.17, 15) is 19.1 Å². The highest BCUT2D eigenvalue weighted by Gasteiger charge is 2.55. The predicted octanol–water partition coefficient (Wildman–Crippen LogP) is 2.96. The van der Waals surface area contributed by atoms with E-state index in [0.717, 1.165) is 43.6 Å². The number of pyridine rings is 1. The lowest BCUT2D eigenvalue weighted by molar-refractivity contribution is -0.136. The van der Waals surface area contributed by atoms with Crippen molar-refractivity contribution in [3.8, 4) is 0 Å². The van der Waals surface area contributed by atoms with Gasteiger partial charge in [-0.25, -0.2) is 9.37 Å². The van der Waals surface area contributed by atoms with Crippen LogP contribution in [0.2, 0.25) is 0 Å². The van der Waals surface area contributed by atoms with Crippen molar-refractivity contribution in [2.75, 3.05) is 36.5 Å². The van der Waals surface area contributed by atoms with Crippen LogP contribution in [0.25, 0.3) is 0 Å². The van der Waals surface area contributed by atoms with Gasteiger partial charge in [-0.3, -0.25) is 9.59 Å². The van der Waals surface area contributed by atoms with Crippen molar-refractivity contribution in [3.05, 3.63) is 53.5 Å². The van der Waals surface area contributed by atoms with Gasteiger partial charge in [0.15, 0.2) is 0 Å². The number of hydrogen-bond acceptors (Lipinski definition) is 6. The fourth-order valence-electron chi connectivity index (χ4n) is 7.70. The molecule has 0 spiro atoms. The van der Waals surface area contributed by atoms with Crippen LogP contribution in [0.5, 0.6) is 0 Å². The molecule has 1 saturated heterocycles. The Morgan fingerprint density at radius 3 is 2.50 bits per heavy atom. The fraction of sp³-hybridized carbons (Fsp3) is 0.552. The molecule has 0 radical (unpaired) electrons. The number of nitrogens with zero attached hydrogens (tertiary/aromatic N) is 3. The van der Waals surface area contributed by atoms with Crippen molar-refractivity contribution in [1.82, 2.24) is 15.6 Å². The molecule has 1 aromatic carbocycles. The summed E-state index contributed by atoms with van der Waals surface area (Å²) in [7, 11) is 1.48. The number of carbonyl (C=O) groups excluding carboxylic acids is 2. The van der Waals surface area contributed by atoms with Crippen LogP contribution in [0, 0.1) is 23.6 Å². The van der Waals surface area contributed by atoms with Gasteiger partial charge in [0.05, 0.1) is 11.2 Å². The second-order valence-corrected chi connectivity index (χ2v) is 11.8. The van der Waals surface area contributed by atoms with Gasteiger partial charge >= 0.3 is 0 Å². The lowest BCUT2D eigenvalue weighted by atomic mass is 9.52. The maximum Gasteiger partial charge on any atom is 0.270 e. The van der Waals surface area contributed by atoms with Crippen molar-refractivity contribution in [3.63, 3.8) is 0 Å². The number of carbonyl (C=O) groups is 2. The van der Waals surface area contributed by atoms with Crippen LogP contribution in [-0.4, -0.2) is 66.3 Å². The van der Waals surface area contributed by atoms with E-state index < -0.39 is 17.3 Å². The van der Waals surface area contributed by atoms with E-state index in [2.05, 4.69) is 27.4 Å². The molecule has 1 aliphatic heterocycles. The number of halogens is 1. The van der Waals surface area contributed by atoms with Crippen molar-refractivity contribution in [1.29, 1.82) is 0 Å². The summed E-state index contributed by atoms with van der Waals surface area (Å²) in [6, 6.07) is 10.5. The molecule has 9 heteroatoms. The molecule has 8 nitrogen and oxygen atoms in total. The highest BCUT2D eigenvalue weighted by Crippen LogP contribution is 2.55. The number of rotatable bonds is 5. The summed E-state index contributed by atoms with van der Waals surface area (Å²) >= 11 is 0. The predicted molar refractivity (Wildman–Crippen MR) is 143 cm³/mol. The number of piperazine rings is 1. The average Bonchev–Trinajstić information content (AvgIpc) is 2.89. The van der Waals surface area contributed by atoms with E-state index in [1.165, 1.54) is 19.2 Å². The average molecular weight is 522 g/mol. The van der Waals surface area contributed by atoms with Crippen LogP contribution >= 0.6 is 0 Å². The van der Waals surface area contributed by atoms with Gasteiger partial charge < -0.3 is 25.5 Å². The Bertz CT molecular complexity index is 1240. The number of anilines is 2. The minimum absolute atomic E-state index is 0.0340. The summed E-state index contributed by atoms with van der Waals surface area (Å²) in [4.78, 5) is 34.1. The standard InChI is InChI=1S/C29H36FN5O3/c1-17-16-34(21-6-7-22(23(30)12-21)27(36)31-2)8-9-35(17)25-5-3-4-24(32-25)28(37)33-26-19-10-18-11-20(26)15-29(38,13-18)14-19/h3-7,12,17-20,26,38H,8-11,13-16H2,1-2H3,(H,31,36)(H,33,37)/t17-,18?,19?,20?,26-,29-/m1/s1. The van der Waals surface area contributed by atoms with Crippen LogP contribution in [-0.2, 0) is 0 Å². The molecule has 4 bridgehead atoms. The van der Waals surface area contributed by atoms with Gasteiger partial charge in [-0.2, -0.15) is 0 Å². The van der Waals surface area contributed by atoms with Gasteiger partial charge in [0.2, 0.25) is 0 Å². The summed E-state index contributed by atoms with van der Waals surface area (Å²) in [5.74, 6) is 0.925. The van der Waals surface area contributed by atoms with E-state index in [0.29, 0.717) is 43.1 Å². The summed E-state index contributed by atoms with van der Waals surface area (Å²) in [6.07, 6.45) is 4.69. The molecular weight excluding hydrogens is 485 g/mol. The van der Waals surface area contributed by atoms with E-state index in [-0.39, 0.29) is 23.6 Å². The minimum Gasteiger partial charge on any atom is -0.390 e. The maximum atomic E-state index is 14.5. The first-order valence-electron chi connectivity index (χ1n) is 13.8. The SMILES string of the molecule is CNC(=O)c1ccc(N2CCN(c3cccc(C(=O)N[C@H]4C5CC6CC4C[C@](O)(C6)C5)n3)[C@H](C)C2)cc1F. The summed E-state index contributed by atoms with van der Waals surface area (Å²) in [5.41, 5.74) is 0.665. The van der Waals surface area contributed by atoms with E-state index >= 15 is 0 Å². The van der Waals surface area contributed by atoms with Gasteiger partial charge in [-0.1, -0.05) is 6.07 Å². The van der Waals surface area contributed by atoms with E-state index in [1.54, 1.807) is 12.1 Å². The summed E-state index contributed by atoms with van der Waals surface area (Å²) < 4.78 is 14.5. The Morgan fingerprint density at radius 1 is 1.08 bits per heavy atom. The lowest BCUT2D eigenvalue weighted by Gasteiger charge is -2.58. The maximum absolute atomic E-state index is 14.5. The number of hydrogen-bond donors (Lipinski definition) is 3. The number of benzene rings is 1. The Kier molecular flexibility index (Phi) is 6.29. The fourth-order valence-corrected chi connectivity index (χ4v) is 7.70. The second-order valence-electron chi connectivity index (χ2n) is 11.8. The van der Waals surface area contributed by atoms with Gasteiger partial charge in [-0.05, 0) is 87.1 Å². The van der Waals surface area contributed by atoms with Crippen LogP contribution < -0.4 is 20.4 Å². The quantitative estimate of drug-likeness (QED) is 0.560. The van der Waals surface area contributed by atoms with Crippen LogP contribution in [0.1, 0.15) is 59.9 Å². The number of aliphatic hydroxyl groups is 1. The molecule has 2 aromatic rings. The molecule has 38 heavy (non-hydrogen) atoms. The van der Waals surface area contributed by atoms with Crippen molar-refractivity contribution < 1.29 is 19.1 Å². The first-order chi connectivity index (χ1) is 18.2. The zero-order valence-corrected chi connectivity index (χ0v) is 22.0. The molecule has 2 heterocycles. The molecule has 4 saturated carbocycles. The molecule has 7 rings (SSSR count). The third-order valence-electron chi connectivity index (χ3n) is 9.22. The van der Waals surface area contributed by atoms with Gasteiger partial charge in [-0.15, -0.1) is 0 Å². The Morgan fingerprint density at radius 2 is 1.84 bits per heavy atom. The van der Waals surface area contributed by atoms with Crippen LogP contribution in [0.4, 0.5) is 15.9 Å². The molecule has 1 aromatic heterocycles. The van der Waals surface area contributed by atoms with Crippen molar-refractivity contribution in [2.45, 2.75) is 56.7 Å². The van der Waals surface area contributed by atoms with Crippen LogP contribution in [0.15, 0.2) is 36.4 Å². The van der Waals surface area contributed by atoms with Gasteiger partial charge in [0.1, 0.15) is 17.3 Å². The highest BCUT2D eigenvalue weighted by atomic mass is 19.1. The third kappa shape index (κ3) is 4.51. The summed E-state index contributed by atoms with van der Waals surface area (Å²) in [5, 5.41) is 16.6. The van der Waals surface area contributed by atoms with Gasteiger partial charge in [0, 0.05) is 44.5 Å². The summed E-state index contributed by atoms with van der Waals surface area (Å²) in [6.45, 7) is 4.09. The molecule has 4 aliphatic carbocycles. The molecule has 3 atom stereocenters. The van der Waals surface area contributed by atoms with Crippen LogP contribution in [0.3, 0.4) is 0 Å². The zero-order chi connectivity index (χ0) is 26.6. The van der Waals surface area contributed by atoms with Crippen molar-refractivity contribution in [2.24, 2.45) is 17.8 Å². The smallest absolute Gasteiger partial charge is 0.270 e. The topological polar surface area (TPSA) is 97.8 Å². The molecule has 3 N–H and O–H groups in total. The Balaban J connectivity index is 1.11. The minimum atomic E-state index is -0.536.